The van der Waals surface area contributed by atoms with Crippen molar-refractivity contribution in [1.82, 2.24) is 5.32 Å². The third-order valence-electron chi connectivity index (χ3n) is 3.61. The highest BCUT2D eigenvalue weighted by atomic mass is 16.5. The van der Waals surface area contributed by atoms with Gasteiger partial charge in [-0.15, -0.1) is 0 Å². The Morgan fingerprint density at radius 2 is 1.77 bits per heavy atom. The summed E-state index contributed by atoms with van der Waals surface area (Å²) in [6.45, 7) is 4.94. The van der Waals surface area contributed by atoms with Crippen molar-refractivity contribution in [2.45, 2.75) is 13.8 Å². The Labute approximate surface area is 151 Å². The second-order valence-corrected chi connectivity index (χ2v) is 5.29. The van der Waals surface area contributed by atoms with Gasteiger partial charge < -0.3 is 24.7 Å². The quantitative estimate of drug-likeness (QED) is 0.605. The molecule has 26 heavy (non-hydrogen) atoms. The first-order valence-electron chi connectivity index (χ1n) is 8.45. The predicted molar refractivity (Wildman–Crippen MR) is 102 cm³/mol. The number of benzene rings is 2. The highest BCUT2D eigenvalue weighted by Gasteiger charge is 2.15. The van der Waals surface area contributed by atoms with Gasteiger partial charge in [-0.1, -0.05) is 26.0 Å². The number of ether oxygens (including phenoxy) is 1. The molecule has 0 aliphatic rings. The monoisotopic (exact) mass is 357 g/mol. The molecule has 3 N–H and O–H groups in total. The lowest BCUT2D eigenvalue weighted by molar-refractivity contribution is 0.319. The average Bonchev–Trinajstić information content (AvgIpc) is 2.64. The number of nitrogens with one attached hydrogen (secondary N) is 1. The molecule has 0 unspecified atom stereocenters. The Balaban J connectivity index is 0.00000117. The highest BCUT2D eigenvalue weighted by Crippen LogP contribution is 2.31. The van der Waals surface area contributed by atoms with E-state index in [9.17, 15) is 15.0 Å². The summed E-state index contributed by atoms with van der Waals surface area (Å²) >= 11 is 0. The molecule has 0 fully saturated rings. The topological polar surface area (TPSA) is 91.9 Å². The molecule has 0 bridgehead atoms. The molecule has 0 amide bonds. The third kappa shape index (κ3) is 4.15. The minimum absolute atomic E-state index is 0.0394. The molecule has 0 radical (unpaired) electrons. The molecule has 138 valence electrons. The number of phenols is 2. The third-order valence-corrected chi connectivity index (χ3v) is 3.61. The molecular formula is C20H23NO5. The molecule has 0 atom stereocenters. The van der Waals surface area contributed by atoms with Gasteiger partial charge in [-0.3, -0.25) is 4.79 Å². The molecule has 1 heterocycles. The summed E-state index contributed by atoms with van der Waals surface area (Å²) in [6, 6.07) is 9.04. The molecule has 3 aromatic rings. The summed E-state index contributed by atoms with van der Waals surface area (Å²) in [4.78, 5) is 12.9. The maximum absolute atomic E-state index is 12.9. The van der Waals surface area contributed by atoms with Crippen LogP contribution in [0.15, 0.2) is 51.9 Å². The number of aromatic hydroxyl groups is 2. The van der Waals surface area contributed by atoms with E-state index in [1.165, 1.54) is 30.5 Å². The first-order valence-corrected chi connectivity index (χ1v) is 8.45. The summed E-state index contributed by atoms with van der Waals surface area (Å²) in [5.41, 5.74) is 0.965. The highest BCUT2D eigenvalue weighted by molar-refractivity contribution is 5.88. The van der Waals surface area contributed by atoms with Gasteiger partial charge in [0.2, 0.25) is 5.43 Å². The smallest absolute Gasteiger partial charge is 0.204 e. The van der Waals surface area contributed by atoms with Crippen molar-refractivity contribution in [2.75, 3.05) is 20.2 Å². The first-order chi connectivity index (χ1) is 12.6. The van der Waals surface area contributed by atoms with Crippen LogP contribution < -0.4 is 15.5 Å². The summed E-state index contributed by atoms with van der Waals surface area (Å²) in [7, 11) is 1.79. The van der Waals surface area contributed by atoms with Crippen molar-refractivity contribution in [3.05, 3.63) is 52.9 Å². The number of phenolic OH excluding ortho intramolecular Hbond substituents is 2. The van der Waals surface area contributed by atoms with Gasteiger partial charge in [0.15, 0.2) is 0 Å². The Morgan fingerprint density at radius 1 is 1.08 bits per heavy atom. The lowest BCUT2D eigenvalue weighted by Gasteiger charge is -2.10. The lowest BCUT2D eigenvalue weighted by Crippen LogP contribution is -2.17. The molecule has 0 aliphatic carbocycles. The van der Waals surface area contributed by atoms with Gasteiger partial charge in [0, 0.05) is 18.7 Å². The summed E-state index contributed by atoms with van der Waals surface area (Å²) in [5, 5.41) is 22.4. The van der Waals surface area contributed by atoms with Crippen LogP contribution in [0, 0.1) is 0 Å². The van der Waals surface area contributed by atoms with Crippen LogP contribution >= 0.6 is 0 Å². The van der Waals surface area contributed by atoms with E-state index in [2.05, 4.69) is 5.32 Å². The normalized spacial score (nSPS) is 10.3. The maximum atomic E-state index is 12.9. The van der Waals surface area contributed by atoms with Crippen molar-refractivity contribution >= 4 is 11.0 Å². The Morgan fingerprint density at radius 3 is 2.42 bits per heavy atom. The minimum Gasteiger partial charge on any atom is -0.508 e. The van der Waals surface area contributed by atoms with Crippen LogP contribution in [0.5, 0.6) is 17.2 Å². The zero-order valence-electron chi connectivity index (χ0n) is 15.1. The summed E-state index contributed by atoms with van der Waals surface area (Å²) in [5.74, 6) is 0.349. The molecule has 6 heteroatoms. The molecular weight excluding hydrogens is 334 g/mol. The van der Waals surface area contributed by atoms with Crippen LogP contribution in [0.3, 0.4) is 0 Å². The van der Waals surface area contributed by atoms with Crippen LogP contribution in [0.2, 0.25) is 0 Å². The van der Waals surface area contributed by atoms with Gasteiger partial charge in [0.1, 0.15) is 41.1 Å². The van der Waals surface area contributed by atoms with Gasteiger partial charge in [-0.2, -0.15) is 0 Å². The average molecular weight is 357 g/mol. The van der Waals surface area contributed by atoms with Crippen molar-refractivity contribution < 1.29 is 19.4 Å². The molecule has 0 saturated heterocycles. The van der Waals surface area contributed by atoms with E-state index in [0.29, 0.717) is 24.3 Å². The van der Waals surface area contributed by atoms with E-state index in [4.69, 9.17) is 9.15 Å². The maximum Gasteiger partial charge on any atom is 0.204 e. The zero-order chi connectivity index (χ0) is 19.1. The molecule has 1 aromatic heterocycles. The van der Waals surface area contributed by atoms with E-state index in [1.807, 2.05) is 13.8 Å². The SMILES string of the molecule is CC.CNCCOc1cc(O)cc2occ(-c3ccc(O)cc3)c(=O)c12. The van der Waals surface area contributed by atoms with E-state index in [1.54, 1.807) is 19.2 Å². The van der Waals surface area contributed by atoms with Crippen molar-refractivity contribution in [2.24, 2.45) is 0 Å². The van der Waals surface area contributed by atoms with Gasteiger partial charge in [0.25, 0.3) is 0 Å². The Kier molecular flexibility index (Phi) is 6.63. The molecule has 6 nitrogen and oxygen atoms in total. The van der Waals surface area contributed by atoms with Gasteiger partial charge in [-0.25, -0.2) is 0 Å². The largest absolute Gasteiger partial charge is 0.508 e. The second-order valence-electron chi connectivity index (χ2n) is 5.29. The van der Waals surface area contributed by atoms with Crippen LogP contribution in [-0.4, -0.2) is 30.4 Å². The standard InChI is InChI=1S/C18H17NO5.C2H6/c1-19-6-7-23-15-8-13(21)9-16-17(15)18(22)14(10-24-16)11-2-4-12(20)5-3-11;1-2/h2-5,8-10,19-21H,6-7H2,1H3;1-2H3. The molecule has 3 rings (SSSR count). The molecule has 2 aromatic carbocycles. The van der Waals surface area contributed by atoms with E-state index < -0.39 is 0 Å². The number of hydrogen-bond donors (Lipinski definition) is 3. The Bertz CT molecular complexity index is 916. The van der Waals surface area contributed by atoms with E-state index in [-0.39, 0.29) is 33.6 Å². The number of fused-ring (bicyclic) bond motifs is 1. The lowest BCUT2D eigenvalue weighted by atomic mass is 10.0. The van der Waals surface area contributed by atoms with Crippen molar-refractivity contribution in [1.29, 1.82) is 0 Å². The van der Waals surface area contributed by atoms with Crippen LogP contribution in [0.25, 0.3) is 22.1 Å². The fourth-order valence-electron chi connectivity index (χ4n) is 2.42. The van der Waals surface area contributed by atoms with Gasteiger partial charge in [-0.05, 0) is 24.7 Å². The van der Waals surface area contributed by atoms with Gasteiger partial charge >= 0.3 is 0 Å². The second kappa shape index (κ2) is 8.92. The number of hydrogen-bond acceptors (Lipinski definition) is 6. The minimum atomic E-state index is -0.263. The molecule has 0 spiro atoms. The Hall–Kier alpha value is -2.99. The van der Waals surface area contributed by atoms with Gasteiger partial charge in [0.05, 0.1) is 5.56 Å². The zero-order valence-corrected chi connectivity index (χ0v) is 15.1. The van der Waals surface area contributed by atoms with Crippen LogP contribution in [0.4, 0.5) is 0 Å². The first kappa shape index (κ1) is 19.3. The van der Waals surface area contributed by atoms with Crippen molar-refractivity contribution in [3.63, 3.8) is 0 Å². The van der Waals surface area contributed by atoms with Crippen LogP contribution in [-0.2, 0) is 0 Å². The summed E-state index contributed by atoms with van der Waals surface area (Å²) < 4.78 is 11.1. The molecule has 0 saturated carbocycles. The van der Waals surface area contributed by atoms with E-state index in [0.717, 1.165) is 0 Å². The summed E-state index contributed by atoms with van der Waals surface area (Å²) in [6.07, 6.45) is 1.34. The van der Waals surface area contributed by atoms with Crippen LogP contribution in [0.1, 0.15) is 13.8 Å². The number of likely N-dealkylation sites (N-methyl/N-ethyl adjacent to an activating group) is 1. The van der Waals surface area contributed by atoms with E-state index >= 15 is 0 Å². The number of rotatable bonds is 5. The fraction of sp³-hybridized carbons (Fsp3) is 0.250. The molecule has 0 aliphatic heterocycles. The predicted octanol–water partition coefficient (Wildman–Crippen LogP) is 3.50. The fourth-order valence-corrected chi connectivity index (χ4v) is 2.42. The van der Waals surface area contributed by atoms with Crippen molar-refractivity contribution in [3.8, 4) is 28.4 Å².